The van der Waals surface area contributed by atoms with Crippen LogP contribution in [-0.4, -0.2) is 76.1 Å². The van der Waals surface area contributed by atoms with Crippen LogP contribution in [0.1, 0.15) is 76.6 Å². The van der Waals surface area contributed by atoms with Crippen LogP contribution in [0.15, 0.2) is 91.3 Å². The third-order valence-electron chi connectivity index (χ3n) is 10.2. The maximum Gasteiger partial charge on any atom is 0.419 e. The number of hydrogen-bond acceptors (Lipinski definition) is 11. The number of carbonyl (C=O) groups is 5. The van der Waals surface area contributed by atoms with E-state index in [4.69, 9.17) is 23.7 Å². The third kappa shape index (κ3) is 10.6. The number of piperidine rings is 1. The standard InChI is InChI=1S/C46H44F3N5O10/c1-45(2,3)64-44(59)54-24-31(46(47,48)49)20-37(54)35-22-51-40(21-38(35)62-25-28-7-11-32(60-4)12-8-28)63-26-27-5-9-29(10-6-27)41(56)50-17-18-61-33-13-14-34-30(19-33)23-53(43(34)58)36-15-16-39(55)52-42(36)57/h5-14,19-22,24,36H,15-18,23,25-26H2,1-4H3,(H,50,56)(H,52,55,57). The van der Waals surface area contributed by atoms with Gasteiger partial charge < -0.3 is 33.9 Å². The van der Waals surface area contributed by atoms with E-state index in [1.54, 1.807) is 87.5 Å². The van der Waals surface area contributed by atoms with Gasteiger partial charge in [-0.3, -0.25) is 29.1 Å². The number of nitrogens with one attached hydrogen (secondary N) is 2. The molecule has 4 amide bonds. The highest BCUT2D eigenvalue weighted by atomic mass is 19.4. The zero-order valence-electron chi connectivity index (χ0n) is 35.2. The minimum absolute atomic E-state index is 0.00138. The van der Waals surface area contributed by atoms with Crippen molar-refractivity contribution in [2.24, 2.45) is 0 Å². The van der Waals surface area contributed by atoms with Crippen molar-refractivity contribution in [3.05, 3.63) is 125 Å². The number of fused-ring (bicyclic) bond motifs is 1. The van der Waals surface area contributed by atoms with Crippen LogP contribution < -0.4 is 29.6 Å². The first-order valence-corrected chi connectivity index (χ1v) is 20.1. The molecule has 0 radical (unpaired) electrons. The number of hydrogen-bond donors (Lipinski definition) is 2. The van der Waals surface area contributed by atoms with E-state index in [2.05, 4.69) is 15.6 Å². The van der Waals surface area contributed by atoms with Gasteiger partial charge in [-0.2, -0.15) is 13.2 Å². The van der Waals surface area contributed by atoms with E-state index in [0.29, 0.717) is 39.9 Å². The fraction of sp³-hybridized carbons (Fsp3) is 0.304. The maximum atomic E-state index is 14.0. The number of carbonyl (C=O) groups excluding carboxylic acids is 5. The van der Waals surface area contributed by atoms with Gasteiger partial charge in [0.25, 0.3) is 11.8 Å². The number of halogens is 3. The Morgan fingerprint density at radius 2 is 1.55 bits per heavy atom. The number of benzene rings is 3. The van der Waals surface area contributed by atoms with Crippen molar-refractivity contribution in [2.45, 2.75) is 71.2 Å². The molecule has 3 aromatic carbocycles. The number of rotatable bonds is 14. The molecule has 64 heavy (non-hydrogen) atoms. The fourth-order valence-electron chi connectivity index (χ4n) is 6.97. The van der Waals surface area contributed by atoms with Gasteiger partial charge in [0.05, 0.1) is 30.5 Å². The highest BCUT2D eigenvalue weighted by molar-refractivity contribution is 6.05. The minimum Gasteiger partial charge on any atom is -0.497 e. The Bertz CT molecular complexity index is 2570. The van der Waals surface area contributed by atoms with E-state index in [1.807, 2.05) is 0 Å². The highest BCUT2D eigenvalue weighted by Crippen LogP contribution is 2.39. The minimum atomic E-state index is -4.77. The van der Waals surface area contributed by atoms with Crippen LogP contribution >= 0.6 is 0 Å². The number of nitrogens with zero attached hydrogens (tertiary/aromatic N) is 3. The Labute approximate surface area is 365 Å². The summed E-state index contributed by atoms with van der Waals surface area (Å²) in [5.41, 5.74) is 0.765. The number of aromatic nitrogens is 2. The van der Waals surface area contributed by atoms with Crippen molar-refractivity contribution in [3.63, 3.8) is 0 Å². The molecule has 334 valence electrons. The van der Waals surface area contributed by atoms with Gasteiger partial charge in [0.2, 0.25) is 17.7 Å². The van der Waals surface area contributed by atoms with Crippen LogP contribution in [-0.2, 0) is 40.3 Å². The number of amides is 4. The Morgan fingerprint density at radius 3 is 2.22 bits per heavy atom. The topological polar surface area (TPSA) is 177 Å². The first kappa shape index (κ1) is 44.7. The highest BCUT2D eigenvalue weighted by Gasteiger charge is 2.39. The molecule has 18 heteroatoms. The molecule has 4 heterocycles. The summed E-state index contributed by atoms with van der Waals surface area (Å²) >= 11 is 0. The van der Waals surface area contributed by atoms with Gasteiger partial charge >= 0.3 is 12.3 Å². The third-order valence-corrected chi connectivity index (χ3v) is 10.2. The Morgan fingerprint density at radius 1 is 0.859 bits per heavy atom. The van der Waals surface area contributed by atoms with Crippen molar-refractivity contribution in [2.75, 3.05) is 20.3 Å². The van der Waals surface area contributed by atoms with Gasteiger partial charge in [0, 0.05) is 42.6 Å². The number of ether oxygens (including phenoxy) is 5. The molecule has 2 aliphatic heterocycles. The summed E-state index contributed by atoms with van der Waals surface area (Å²) in [6, 6.07) is 20.1. The van der Waals surface area contributed by atoms with Crippen molar-refractivity contribution in [1.29, 1.82) is 0 Å². The molecule has 0 bridgehead atoms. The zero-order valence-corrected chi connectivity index (χ0v) is 35.2. The van der Waals surface area contributed by atoms with E-state index in [-0.39, 0.29) is 86.4 Å². The molecular formula is C46H44F3N5O10. The van der Waals surface area contributed by atoms with E-state index in [0.717, 1.165) is 16.2 Å². The van der Waals surface area contributed by atoms with Crippen molar-refractivity contribution in [3.8, 4) is 34.4 Å². The maximum absolute atomic E-state index is 14.0. The molecule has 1 fully saturated rings. The molecule has 15 nitrogen and oxygen atoms in total. The predicted octanol–water partition coefficient (Wildman–Crippen LogP) is 7.09. The van der Waals surface area contributed by atoms with Gasteiger partial charge in [-0.15, -0.1) is 0 Å². The van der Waals surface area contributed by atoms with E-state index < -0.39 is 35.4 Å². The summed E-state index contributed by atoms with van der Waals surface area (Å²) in [5, 5.41) is 5.08. The van der Waals surface area contributed by atoms with Crippen LogP contribution in [0.4, 0.5) is 18.0 Å². The summed E-state index contributed by atoms with van der Waals surface area (Å²) < 4.78 is 71.2. The Hall–Kier alpha value is -7.37. The summed E-state index contributed by atoms with van der Waals surface area (Å²) in [4.78, 5) is 68.8. The van der Waals surface area contributed by atoms with Crippen LogP contribution in [0.5, 0.6) is 23.1 Å². The molecule has 1 unspecified atom stereocenters. The van der Waals surface area contributed by atoms with Crippen LogP contribution in [0.25, 0.3) is 11.3 Å². The molecule has 0 aliphatic carbocycles. The summed E-state index contributed by atoms with van der Waals surface area (Å²) in [6.45, 7) is 5.32. The average molecular weight is 884 g/mol. The lowest BCUT2D eigenvalue weighted by molar-refractivity contribution is -0.138. The molecule has 0 saturated carbocycles. The summed E-state index contributed by atoms with van der Waals surface area (Å²) in [7, 11) is 1.53. The van der Waals surface area contributed by atoms with Crippen LogP contribution in [0.3, 0.4) is 0 Å². The van der Waals surface area contributed by atoms with Crippen molar-refractivity contribution >= 4 is 29.7 Å². The number of alkyl halides is 3. The zero-order chi connectivity index (χ0) is 45.8. The van der Waals surface area contributed by atoms with E-state index in [9.17, 15) is 37.1 Å². The van der Waals surface area contributed by atoms with Gasteiger partial charge in [0.15, 0.2) is 0 Å². The molecule has 1 saturated heterocycles. The van der Waals surface area contributed by atoms with E-state index in [1.165, 1.54) is 24.3 Å². The Balaban J connectivity index is 0.972. The molecule has 2 aliphatic rings. The first-order chi connectivity index (χ1) is 30.4. The van der Waals surface area contributed by atoms with Gasteiger partial charge in [-0.25, -0.2) is 9.78 Å². The fourth-order valence-corrected chi connectivity index (χ4v) is 6.97. The largest absolute Gasteiger partial charge is 0.497 e. The summed E-state index contributed by atoms with van der Waals surface area (Å²) in [5.74, 6) is -0.223. The van der Waals surface area contributed by atoms with Crippen molar-refractivity contribution < 1.29 is 60.8 Å². The number of pyridine rings is 1. The molecular weight excluding hydrogens is 840 g/mol. The number of imide groups is 1. The molecule has 1 atom stereocenters. The van der Waals surface area contributed by atoms with Gasteiger partial charge in [-0.05, 0) is 92.4 Å². The van der Waals surface area contributed by atoms with Gasteiger partial charge in [-0.1, -0.05) is 24.3 Å². The van der Waals surface area contributed by atoms with Crippen molar-refractivity contribution in [1.82, 2.24) is 25.1 Å². The second kappa shape index (κ2) is 18.5. The summed E-state index contributed by atoms with van der Waals surface area (Å²) in [6.07, 6.45) is -3.44. The average Bonchev–Trinajstić information content (AvgIpc) is 3.85. The molecule has 0 spiro atoms. The monoisotopic (exact) mass is 883 g/mol. The molecule has 5 aromatic rings. The molecule has 7 rings (SSSR count). The van der Waals surface area contributed by atoms with Gasteiger partial charge in [0.1, 0.15) is 48.7 Å². The Kier molecular flexibility index (Phi) is 12.9. The van der Waals surface area contributed by atoms with E-state index >= 15 is 0 Å². The number of methoxy groups -OCH3 is 1. The van der Waals surface area contributed by atoms with Crippen LogP contribution in [0, 0.1) is 0 Å². The molecule has 2 aromatic heterocycles. The molecule has 2 N–H and O–H groups in total. The lowest BCUT2D eigenvalue weighted by atomic mass is 10.0. The normalized spacial score (nSPS) is 15.0. The first-order valence-electron chi connectivity index (χ1n) is 20.1. The quantitative estimate of drug-likeness (QED) is 0.0861. The van der Waals surface area contributed by atoms with Crippen LogP contribution in [0.2, 0.25) is 0 Å². The second-order valence-electron chi connectivity index (χ2n) is 15.9. The predicted molar refractivity (Wildman–Crippen MR) is 223 cm³/mol. The lowest BCUT2D eigenvalue weighted by Gasteiger charge is -2.29. The lowest BCUT2D eigenvalue weighted by Crippen LogP contribution is -2.52. The smallest absolute Gasteiger partial charge is 0.419 e. The second-order valence-corrected chi connectivity index (χ2v) is 15.9. The SMILES string of the molecule is COc1ccc(COc2cc(OCc3ccc(C(=O)NCCOc4ccc5c(c4)CN(C4CCC(=O)NC4=O)C5=O)cc3)ncc2-c2cc(C(F)(F)F)cn2C(=O)OC(C)(C)C)cc1.